The van der Waals surface area contributed by atoms with Gasteiger partial charge in [0, 0.05) is 22.9 Å². The first kappa shape index (κ1) is 11.9. The first-order valence-electron chi connectivity index (χ1n) is 5.98. The van der Waals surface area contributed by atoms with E-state index < -0.39 is 0 Å². The van der Waals surface area contributed by atoms with E-state index in [2.05, 4.69) is 4.98 Å². The molecule has 88 valence electrons. The lowest BCUT2D eigenvalue weighted by Crippen LogP contribution is -2.05. The highest BCUT2D eigenvalue weighted by atomic mass is 32.2. The van der Waals surface area contributed by atoms with Crippen LogP contribution >= 0.6 is 11.8 Å². The van der Waals surface area contributed by atoms with E-state index in [1.54, 1.807) is 6.20 Å². The summed E-state index contributed by atoms with van der Waals surface area (Å²) >= 11 is 1.91. The fraction of sp³-hybridized carbons (Fsp3) is 0.615. The molecule has 0 aliphatic heterocycles. The summed E-state index contributed by atoms with van der Waals surface area (Å²) in [5, 5.41) is 10.8. The van der Waals surface area contributed by atoms with E-state index in [1.165, 1.54) is 25.7 Å². The number of hydrogen-bond acceptors (Lipinski definition) is 3. The summed E-state index contributed by atoms with van der Waals surface area (Å²) in [7, 11) is 0. The van der Waals surface area contributed by atoms with Crippen molar-refractivity contribution in [2.24, 2.45) is 0 Å². The van der Waals surface area contributed by atoms with E-state index in [1.807, 2.05) is 30.8 Å². The molecule has 1 aliphatic carbocycles. The maximum atomic E-state index is 10.0. The third kappa shape index (κ3) is 3.22. The third-order valence-electron chi connectivity index (χ3n) is 3.11. The molecule has 1 saturated carbocycles. The summed E-state index contributed by atoms with van der Waals surface area (Å²) in [4.78, 5) is 4.21. The minimum absolute atomic E-state index is 0.362. The number of nitrogens with zero attached hydrogens (tertiary/aromatic N) is 1. The molecule has 1 aromatic heterocycles. The van der Waals surface area contributed by atoms with Gasteiger partial charge in [0.2, 0.25) is 0 Å². The average Bonchev–Trinajstić information content (AvgIpc) is 2.80. The van der Waals surface area contributed by atoms with Gasteiger partial charge in [0.15, 0.2) is 0 Å². The van der Waals surface area contributed by atoms with Crippen LogP contribution in [0.15, 0.2) is 18.3 Å². The smallest absolute Gasteiger partial charge is 0.0895 e. The molecule has 0 amide bonds. The highest BCUT2D eigenvalue weighted by molar-refractivity contribution is 7.99. The Morgan fingerprint density at radius 1 is 1.44 bits per heavy atom. The predicted molar refractivity (Wildman–Crippen MR) is 68.6 cm³/mol. The van der Waals surface area contributed by atoms with Gasteiger partial charge in [-0.15, -0.1) is 0 Å². The zero-order valence-electron chi connectivity index (χ0n) is 9.72. The van der Waals surface area contributed by atoms with Crippen LogP contribution < -0.4 is 0 Å². The molecule has 1 aromatic rings. The maximum Gasteiger partial charge on any atom is 0.0895 e. The number of thioether (sulfide) groups is 1. The molecule has 3 heteroatoms. The van der Waals surface area contributed by atoms with Crippen molar-refractivity contribution in [3.05, 3.63) is 29.6 Å². The maximum absolute atomic E-state index is 10.0. The number of rotatable bonds is 4. The van der Waals surface area contributed by atoms with Crippen LogP contribution in [0.1, 0.15) is 43.0 Å². The first-order chi connectivity index (χ1) is 7.75. The lowest BCUT2D eigenvalue weighted by Gasteiger charge is -2.13. The van der Waals surface area contributed by atoms with Crippen LogP contribution in [0, 0.1) is 6.92 Å². The summed E-state index contributed by atoms with van der Waals surface area (Å²) < 4.78 is 0. The molecule has 2 rings (SSSR count). The Morgan fingerprint density at radius 2 is 2.19 bits per heavy atom. The summed E-state index contributed by atoms with van der Waals surface area (Å²) in [6, 6.07) is 3.93. The number of aliphatic hydroxyl groups excluding tert-OH is 1. The quantitative estimate of drug-likeness (QED) is 0.873. The largest absolute Gasteiger partial charge is 0.387 e. The second-order valence-corrected chi connectivity index (χ2v) is 5.82. The van der Waals surface area contributed by atoms with Crippen LogP contribution in [0.4, 0.5) is 0 Å². The van der Waals surface area contributed by atoms with Crippen LogP contribution in [0.5, 0.6) is 0 Å². The number of aromatic nitrogens is 1. The molecule has 1 atom stereocenters. The van der Waals surface area contributed by atoms with Crippen LogP contribution in [0.25, 0.3) is 0 Å². The van der Waals surface area contributed by atoms with Crippen LogP contribution in [-0.4, -0.2) is 21.1 Å². The molecule has 1 fully saturated rings. The first-order valence-corrected chi connectivity index (χ1v) is 7.03. The van der Waals surface area contributed by atoms with Crippen molar-refractivity contribution in [3.8, 4) is 0 Å². The van der Waals surface area contributed by atoms with Gasteiger partial charge in [-0.05, 0) is 31.4 Å². The lowest BCUT2D eigenvalue weighted by molar-refractivity contribution is 0.203. The number of pyridine rings is 1. The fourth-order valence-electron chi connectivity index (χ4n) is 2.05. The Morgan fingerprint density at radius 3 is 2.81 bits per heavy atom. The molecule has 0 radical (unpaired) electrons. The van der Waals surface area contributed by atoms with Crippen molar-refractivity contribution in [2.75, 3.05) is 5.75 Å². The van der Waals surface area contributed by atoms with Crippen LogP contribution in [0.3, 0.4) is 0 Å². The van der Waals surface area contributed by atoms with Gasteiger partial charge >= 0.3 is 0 Å². The van der Waals surface area contributed by atoms with E-state index >= 15 is 0 Å². The molecule has 16 heavy (non-hydrogen) atoms. The molecule has 1 N–H and O–H groups in total. The third-order valence-corrected chi connectivity index (χ3v) is 4.56. The van der Waals surface area contributed by atoms with Gasteiger partial charge in [-0.2, -0.15) is 11.8 Å². The van der Waals surface area contributed by atoms with Crippen molar-refractivity contribution < 1.29 is 5.11 Å². The Kier molecular flexibility index (Phi) is 4.24. The van der Waals surface area contributed by atoms with E-state index in [0.717, 1.165) is 22.3 Å². The predicted octanol–water partition coefficient (Wildman–Crippen LogP) is 3.10. The van der Waals surface area contributed by atoms with E-state index in [4.69, 9.17) is 0 Å². The molecule has 0 aromatic carbocycles. The topological polar surface area (TPSA) is 33.1 Å². The SMILES string of the molecule is Cc1ccc(C(O)CSC2CCCC2)cn1. The van der Waals surface area contributed by atoms with E-state index in [9.17, 15) is 5.11 Å². The molecule has 0 bridgehead atoms. The van der Waals surface area contributed by atoms with E-state index in [-0.39, 0.29) is 6.10 Å². The zero-order valence-corrected chi connectivity index (χ0v) is 10.5. The normalized spacial score (nSPS) is 18.9. The second-order valence-electron chi connectivity index (χ2n) is 4.49. The number of aliphatic hydroxyl groups is 1. The molecule has 1 heterocycles. The van der Waals surface area contributed by atoms with Crippen molar-refractivity contribution >= 4 is 11.8 Å². The van der Waals surface area contributed by atoms with Crippen molar-refractivity contribution in [3.63, 3.8) is 0 Å². The molecule has 1 aliphatic rings. The molecule has 2 nitrogen and oxygen atoms in total. The monoisotopic (exact) mass is 237 g/mol. The van der Waals surface area contributed by atoms with Gasteiger partial charge < -0.3 is 5.11 Å². The lowest BCUT2D eigenvalue weighted by atomic mass is 10.2. The summed E-state index contributed by atoms with van der Waals surface area (Å²) in [5.74, 6) is 0.801. The average molecular weight is 237 g/mol. The van der Waals surface area contributed by atoms with Gasteiger partial charge in [0.05, 0.1) is 6.10 Å². The minimum Gasteiger partial charge on any atom is -0.387 e. The van der Waals surface area contributed by atoms with Crippen molar-refractivity contribution in [1.82, 2.24) is 4.98 Å². The van der Waals surface area contributed by atoms with Crippen molar-refractivity contribution in [1.29, 1.82) is 0 Å². The molecule has 1 unspecified atom stereocenters. The Balaban J connectivity index is 1.82. The molecular weight excluding hydrogens is 218 g/mol. The van der Waals surface area contributed by atoms with Crippen LogP contribution in [-0.2, 0) is 0 Å². The fourth-order valence-corrected chi connectivity index (χ4v) is 3.37. The zero-order chi connectivity index (χ0) is 11.4. The van der Waals surface area contributed by atoms with Gasteiger partial charge in [-0.1, -0.05) is 18.9 Å². The standard InChI is InChI=1S/C13H19NOS/c1-10-6-7-11(8-14-10)13(15)9-16-12-4-2-3-5-12/h6-8,12-13,15H,2-5,9H2,1H3. The van der Waals surface area contributed by atoms with Crippen molar-refractivity contribution in [2.45, 2.75) is 44.0 Å². The van der Waals surface area contributed by atoms with E-state index in [0.29, 0.717) is 0 Å². The van der Waals surface area contributed by atoms with Gasteiger partial charge in [0.1, 0.15) is 0 Å². The minimum atomic E-state index is -0.362. The highest BCUT2D eigenvalue weighted by Crippen LogP contribution is 2.31. The van der Waals surface area contributed by atoms with Crippen LogP contribution in [0.2, 0.25) is 0 Å². The number of hydrogen-bond donors (Lipinski definition) is 1. The summed E-state index contributed by atoms with van der Waals surface area (Å²) in [6.07, 6.45) is 6.79. The summed E-state index contributed by atoms with van der Waals surface area (Å²) in [5.41, 5.74) is 1.94. The summed E-state index contributed by atoms with van der Waals surface area (Å²) in [6.45, 7) is 1.96. The molecule has 0 saturated heterocycles. The molecule has 0 spiro atoms. The van der Waals surface area contributed by atoms with Gasteiger partial charge in [-0.25, -0.2) is 0 Å². The molecular formula is C13H19NOS. The number of aryl methyl sites for hydroxylation is 1. The Bertz CT molecular complexity index is 319. The Labute approximate surface area is 101 Å². The second kappa shape index (κ2) is 5.69. The Hall–Kier alpha value is -0.540. The van der Waals surface area contributed by atoms with Gasteiger partial charge in [-0.3, -0.25) is 4.98 Å². The van der Waals surface area contributed by atoms with Gasteiger partial charge in [0.25, 0.3) is 0 Å². The highest BCUT2D eigenvalue weighted by Gasteiger charge is 2.17.